The van der Waals surface area contributed by atoms with Crippen molar-refractivity contribution in [1.29, 1.82) is 0 Å². The molecule has 0 saturated heterocycles. The standard InChI is InChI=1S/C51H68N2O10/c1-31(2)14-9-16-33(5)18-11-21-50(7)43(57)26-37-41(55)24-35-39(46(37)62-50)28-52(48(35)59)23-13-20-45(61-30-54)53-29-40-36(49(53)60)25-42(56)38-27-44(58)51(8,63-47(38)40)22-12-19-34(6)17-10-15-32(3)4/h14-15,18-19,24-25,30,43-45,55-58H,9-13,16-17,20-23,26-29H2,1-8H3/b33-18+,34-19+/t43-,44-,45+,50-,51-/m0/s1/i43D,44D. The highest BCUT2D eigenvalue weighted by Crippen LogP contribution is 2.48. The van der Waals surface area contributed by atoms with Crippen LogP contribution in [0.3, 0.4) is 0 Å². The summed E-state index contributed by atoms with van der Waals surface area (Å²) in [5.74, 6) is -0.802. The molecule has 2 aromatic carbocycles. The van der Waals surface area contributed by atoms with Crippen LogP contribution in [0.15, 0.2) is 58.7 Å². The molecule has 0 unspecified atom stereocenters. The Morgan fingerprint density at radius 1 is 0.762 bits per heavy atom. The van der Waals surface area contributed by atoms with Crippen molar-refractivity contribution in [1.82, 2.24) is 9.80 Å². The number of hydrogen-bond acceptors (Lipinski definition) is 10. The van der Waals surface area contributed by atoms with Gasteiger partial charge in [-0.3, -0.25) is 19.3 Å². The van der Waals surface area contributed by atoms with Crippen LogP contribution in [0.25, 0.3) is 0 Å². The van der Waals surface area contributed by atoms with Gasteiger partial charge in [0.05, 0.1) is 39.1 Å². The molecule has 12 heteroatoms. The van der Waals surface area contributed by atoms with Crippen molar-refractivity contribution in [3.8, 4) is 23.0 Å². The van der Waals surface area contributed by atoms with Gasteiger partial charge in [-0.2, -0.15) is 0 Å². The van der Waals surface area contributed by atoms with Crippen LogP contribution in [0, 0.1) is 0 Å². The molecule has 4 heterocycles. The molecular weight excluding hydrogens is 801 g/mol. The molecule has 6 rings (SSSR count). The summed E-state index contributed by atoms with van der Waals surface area (Å²) < 4.78 is 36.2. The van der Waals surface area contributed by atoms with Gasteiger partial charge in [0.15, 0.2) is 6.23 Å². The highest BCUT2D eigenvalue weighted by molar-refractivity contribution is 6.01. The number of benzene rings is 2. The molecule has 2 amide bonds. The van der Waals surface area contributed by atoms with Gasteiger partial charge >= 0.3 is 0 Å². The zero-order valence-corrected chi connectivity index (χ0v) is 38.4. The number of allylic oxidation sites excluding steroid dienone is 8. The predicted octanol–water partition coefficient (Wildman–Crippen LogP) is 9.04. The number of rotatable bonds is 19. The summed E-state index contributed by atoms with van der Waals surface area (Å²) >= 11 is 0. The fourth-order valence-electron chi connectivity index (χ4n) is 9.05. The number of amides is 2. The first-order valence-corrected chi connectivity index (χ1v) is 22.4. The van der Waals surface area contributed by atoms with Crippen LogP contribution < -0.4 is 9.47 Å². The van der Waals surface area contributed by atoms with E-state index in [1.165, 1.54) is 39.3 Å². The van der Waals surface area contributed by atoms with Crippen LogP contribution in [0.5, 0.6) is 23.0 Å². The number of aliphatic hydroxyl groups is 2. The van der Waals surface area contributed by atoms with Crippen LogP contribution in [0.2, 0.25) is 0 Å². The van der Waals surface area contributed by atoms with Crippen molar-refractivity contribution in [2.24, 2.45) is 0 Å². The van der Waals surface area contributed by atoms with Gasteiger partial charge in [0.2, 0.25) is 0 Å². The summed E-state index contributed by atoms with van der Waals surface area (Å²) in [6.07, 6.45) is 8.83. The number of nitrogens with zero attached hydrogens (tertiary/aromatic N) is 2. The summed E-state index contributed by atoms with van der Waals surface area (Å²) in [5.41, 5.74) is 4.14. The highest BCUT2D eigenvalue weighted by Gasteiger charge is 2.46. The third-order valence-corrected chi connectivity index (χ3v) is 13.0. The summed E-state index contributed by atoms with van der Waals surface area (Å²) in [6.45, 7) is 16.3. The van der Waals surface area contributed by atoms with Crippen LogP contribution in [-0.2, 0) is 35.5 Å². The fourth-order valence-corrected chi connectivity index (χ4v) is 9.05. The van der Waals surface area contributed by atoms with E-state index in [9.17, 15) is 34.8 Å². The summed E-state index contributed by atoms with van der Waals surface area (Å²) in [7, 11) is 0. The second-order valence-corrected chi connectivity index (χ2v) is 18.7. The van der Waals surface area contributed by atoms with Gasteiger partial charge in [0, 0.05) is 48.1 Å². The zero-order chi connectivity index (χ0) is 47.6. The van der Waals surface area contributed by atoms with Crippen LogP contribution in [-0.4, -0.2) is 84.6 Å². The Hall–Kier alpha value is -5.07. The van der Waals surface area contributed by atoms with Gasteiger partial charge in [-0.05, 0) is 125 Å². The van der Waals surface area contributed by atoms with Crippen molar-refractivity contribution in [2.45, 2.75) is 175 Å². The molecule has 0 aliphatic carbocycles. The zero-order valence-electron chi connectivity index (χ0n) is 40.4. The van der Waals surface area contributed by atoms with E-state index in [0.717, 1.165) is 25.7 Å². The number of fused-ring (bicyclic) bond motifs is 6. The Balaban J connectivity index is 1.13. The largest absolute Gasteiger partial charge is 0.508 e. The molecule has 342 valence electrons. The Kier molecular flexibility index (Phi) is 14.0. The first-order chi connectivity index (χ1) is 30.5. The predicted molar refractivity (Wildman–Crippen MR) is 242 cm³/mol. The molecule has 0 spiro atoms. The minimum absolute atomic E-state index is 0.0195. The van der Waals surface area contributed by atoms with Gasteiger partial charge in [0.25, 0.3) is 18.3 Å². The Labute approximate surface area is 375 Å². The topological polar surface area (TPSA) is 166 Å². The van der Waals surface area contributed by atoms with E-state index in [0.29, 0.717) is 49.0 Å². The average Bonchev–Trinajstić information content (AvgIpc) is 3.70. The van der Waals surface area contributed by atoms with Gasteiger partial charge in [0.1, 0.15) is 34.2 Å². The van der Waals surface area contributed by atoms with Crippen molar-refractivity contribution >= 4 is 18.3 Å². The molecule has 0 bridgehead atoms. The average molecular weight is 871 g/mol. The number of ether oxygens (including phenoxy) is 3. The van der Waals surface area contributed by atoms with E-state index < -0.39 is 35.5 Å². The molecule has 0 aromatic heterocycles. The minimum Gasteiger partial charge on any atom is -0.508 e. The SMILES string of the molecule is [2H][C@]1(O)Cc2c(O)cc3c(c2O[C@@]1(C)CC/C=C(\C)CCC=C(C)C)CN(CCC[C@@H](OC=O)N1Cc2c(cc(O)c4c2O[C@@](C)(CC/C=C(\C)CCC=C(C)C)[C@@]([2H])(O)C4)C1=O)C3=O. The molecular formula is C51H68N2O10. The Bertz CT molecular complexity index is 2310. The van der Waals surface area contributed by atoms with Crippen molar-refractivity contribution in [3.05, 3.63) is 92.1 Å². The molecule has 2 aromatic rings. The molecule has 12 nitrogen and oxygen atoms in total. The molecule has 4 aliphatic rings. The number of hydrogen-bond donors (Lipinski definition) is 4. The summed E-state index contributed by atoms with van der Waals surface area (Å²) in [5, 5.41) is 45.0. The lowest BCUT2D eigenvalue weighted by Crippen LogP contribution is -2.49. The molecule has 4 aliphatic heterocycles. The second kappa shape index (κ2) is 19.8. The maximum atomic E-state index is 14.0. The van der Waals surface area contributed by atoms with Gasteiger partial charge < -0.3 is 39.5 Å². The highest BCUT2D eigenvalue weighted by atomic mass is 16.5. The van der Waals surface area contributed by atoms with Gasteiger partial charge in [-0.25, -0.2) is 0 Å². The monoisotopic (exact) mass is 870 g/mol. The summed E-state index contributed by atoms with van der Waals surface area (Å²) in [4.78, 5) is 42.6. The number of phenolic OH excluding ortho intramolecular Hbond substituents is 2. The number of phenols is 2. The van der Waals surface area contributed by atoms with E-state index in [2.05, 4.69) is 65.8 Å². The third-order valence-electron chi connectivity index (χ3n) is 13.0. The minimum atomic E-state index is -2.08. The lowest BCUT2D eigenvalue weighted by molar-refractivity contribution is -0.141. The van der Waals surface area contributed by atoms with E-state index in [1.807, 2.05) is 0 Å². The van der Waals surface area contributed by atoms with E-state index in [1.54, 1.807) is 18.7 Å². The number of carbonyl (C=O) groups is 3. The first-order valence-electron chi connectivity index (χ1n) is 23.4. The molecule has 5 atom stereocenters. The number of carbonyl (C=O) groups excluding carboxylic acids is 3. The second-order valence-electron chi connectivity index (χ2n) is 18.7. The van der Waals surface area contributed by atoms with Gasteiger partial charge in [-0.15, -0.1) is 0 Å². The van der Waals surface area contributed by atoms with Crippen LogP contribution >= 0.6 is 0 Å². The number of aromatic hydroxyl groups is 2. The van der Waals surface area contributed by atoms with Crippen molar-refractivity contribution in [3.63, 3.8) is 0 Å². The molecule has 4 N–H and O–H groups in total. The lowest BCUT2D eigenvalue weighted by atomic mass is 9.84. The molecule has 0 saturated carbocycles. The van der Waals surface area contributed by atoms with E-state index in [4.69, 9.17) is 17.0 Å². The van der Waals surface area contributed by atoms with Crippen molar-refractivity contribution in [2.75, 3.05) is 6.54 Å². The third kappa shape index (κ3) is 10.5. The Morgan fingerprint density at radius 2 is 1.24 bits per heavy atom. The fraction of sp³-hybridized carbons (Fsp3) is 0.549. The maximum absolute atomic E-state index is 14.0. The van der Waals surface area contributed by atoms with Gasteiger partial charge in [-0.1, -0.05) is 46.6 Å². The smallest absolute Gasteiger partial charge is 0.295 e. The van der Waals surface area contributed by atoms with Crippen LogP contribution in [0.1, 0.15) is 165 Å². The normalized spacial score (nSPS) is 26.1. The summed E-state index contributed by atoms with van der Waals surface area (Å²) in [6, 6.07) is 2.68. The Morgan fingerprint density at radius 3 is 1.71 bits per heavy atom. The maximum Gasteiger partial charge on any atom is 0.295 e. The molecule has 63 heavy (non-hydrogen) atoms. The molecule has 0 fully saturated rings. The molecule has 0 radical (unpaired) electrons. The van der Waals surface area contributed by atoms with E-state index >= 15 is 0 Å². The van der Waals surface area contributed by atoms with E-state index in [-0.39, 0.29) is 90.8 Å². The lowest BCUT2D eigenvalue weighted by Gasteiger charge is -2.41. The quantitative estimate of drug-likeness (QED) is 0.0791. The van der Waals surface area contributed by atoms with Crippen molar-refractivity contribution < 1.29 is 51.8 Å². The van der Waals surface area contributed by atoms with Crippen LogP contribution in [0.4, 0.5) is 0 Å². The first kappa shape index (κ1) is 44.5.